The van der Waals surface area contributed by atoms with E-state index in [0.29, 0.717) is 6.61 Å². The van der Waals surface area contributed by atoms with Gasteiger partial charge in [0.05, 0.1) is 18.8 Å². The maximum absolute atomic E-state index is 10.4. The van der Waals surface area contributed by atoms with Crippen LogP contribution in [0, 0.1) is 12.3 Å². The van der Waals surface area contributed by atoms with E-state index in [9.17, 15) is 4.79 Å². The van der Waals surface area contributed by atoms with Crippen LogP contribution in [-0.4, -0.2) is 29.7 Å². The molecular formula is C12H25O3Y-. The van der Waals surface area contributed by atoms with Crippen molar-refractivity contribution < 1.29 is 47.3 Å². The van der Waals surface area contributed by atoms with E-state index in [2.05, 4.69) is 6.92 Å². The van der Waals surface area contributed by atoms with E-state index in [-0.39, 0.29) is 56.1 Å². The molecule has 0 aromatic rings. The Hall–Kier alpha value is 0.564. The summed E-state index contributed by atoms with van der Waals surface area (Å²) in [4.78, 5) is 10.4. The summed E-state index contributed by atoms with van der Waals surface area (Å²) >= 11 is 0. The fourth-order valence-corrected chi connectivity index (χ4v) is 0.352. The molecule has 0 atom stereocenters. The van der Waals surface area contributed by atoms with Gasteiger partial charge in [0.2, 0.25) is 0 Å². The first-order valence-corrected chi connectivity index (χ1v) is 5.12. The van der Waals surface area contributed by atoms with Gasteiger partial charge in [-0.05, 0) is 26.2 Å². The third-order valence-electron chi connectivity index (χ3n) is 1.46. The second kappa shape index (κ2) is 9.58. The number of aliphatic hydroxyl groups is 1. The van der Waals surface area contributed by atoms with Crippen LogP contribution in [0.5, 0.6) is 0 Å². The van der Waals surface area contributed by atoms with Crippen LogP contribution >= 0.6 is 0 Å². The van der Waals surface area contributed by atoms with Crippen molar-refractivity contribution in [3.8, 4) is 0 Å². The molecule has 0 aliphatic carbocycles. The molecule has 3 nitrogen and oxygen atoms in total. The van der Waals surface area contributed by atoms with Crippen LogP contribution in [0.2, 0.25) is 0 Å². The van der Waals surface area contributed by atoms with Gasteiger partial charge in [-0.15, -0.1) is 0 Å². The Labute approximate surface area is 125 Å². The van der Waals surface area contributed by atoms with Gasteiger partial charge < -0.3 is 21.6 Å². The molecule has 0 heterocycles. The quantitative estimate of drug-likeness (QED) is 0.796. The van der Waals surface area contributed by atoms with Crippen molar-refractivity contribution in [2.45, 2.75) is 47.1 Å². The van der Waals surface area contributed by atoms with E-state index in [1.807, 2.05) is 41.5 Å². The smallest absolute Gasteiger partial charge is 0.0704 e. The molecule has 95 valence electrons. The fourth-order valence-electron chi connectivity index (χ4n) is 0.352. The van der Waals surface area contributed by atoms with E-state index in [4.69, 9.17) is 9.84 Å². The van der Waals surface area contributed by atoms with Gasteiger partial charge >= 0.3 is 0 Å². The van der Waals surface area contributed by atoms with Crippen molar-refractivity contribution in [2.75, 3.05) is 13.2 Å². The van der Waals surface area contributed by atoms with Crippen LogP contribution in [-0.2, 0) is 42.2 Å². The topological polar surface area (TPSA) is 46.5 Å². The molecule has 0 bridgehead atoms. The Morgan fingerprint density at radius 3 is 1.56 bits per heavy atom. The van der Waals surface area contributed by atoms with Gasteiger partial charge in [0.15, 0.2) is 0 Å². The Kier molecular flexibility index (Phi) is 13.1. The molecule has 0 unspecified atom stereocenters. The summed E-state index contributed by atoms with van der Waals surface area (Å²) in [5.74, 6) is -0.00694. The Morgan fingerprint density at radius 1 is 1.19 bits per heavy atom. The van der Waals surface area contributed by atoms with Crippen LogP contribution in [0.4, 0.5) is 0 Å². The van der Waals surface area contributed by atoms with E-state index in [1.54, 1.807) is 0 Å². The van der Waals surface area contributed by atoms with E-state index < -0.39 is 0 Å². The monoisotopic (exact) mass is 306 g/mol. The maximum atomic E-state index is 10.4. The van der Waals surface area contributed by atoms with E-state index in [1.165, 1.54) is 0 Å². The fraction of sp³-hybridized carbons (Fsp3) is 0.833. The number of Topliss-reactive ketones (excluding diaryl/α,β-unsaturated/α-hetero) is 1. The summed E-state index contributed by atoms with van der Waals surface area (Å²) < 4.78 is 5.13. The molecule has 0 saturated carbocycles. The molecular weight excluding hydrogens is 281 g/mol. The summed E-state index contributed by atoms with van der Waals surface area (Å²) in [5.41, 5.74) is -0.358. The van der Waals surface area contributed by atoms with Crippen molar-refractivity contribution in [3.63, 3.8) is 0 Å². The van der Waals surface area contributed by atoms with Gasteiger partial charge in [-0.25, -0.2) is 0 Å². The van der Waals surface area contributed by atoms with Crippen molar-refractivity contribution >= 4 is 5.78 Å². The number of hydrogen-bond donors (Lipinski definition) is 1. The van der Waals surface area contributed by atoms with Crippen LogP contribution in [0.15, 0.2) is 0 Å². The predicted octanol–water partition coefficient (Wildman–Crippen LogP) is 2.23. The minimum atomic E-state index is -0.250. The van der Waals surface area contributed by atoms with Crippen LogP contribution in [0.25, 0.3) is 0 Å². The minimum Gasteiger partial charge on any atom is -0.394 e. The zero-order chi connectivity index (χ0) is 12.7. The van der Waals surface area contributed by atoms with Gasteiger partial charge in [-0.3, -0.25) is 0 Å². The molecule has 0 amide bonds. The van der Waals surface area contributed by atoms with E-state index >= 15 is 0 Å². The number of hydrogen-bond acceptors (Lipinski definition) is 3. The Bertz CT molecular complexity index is 178. The normalized spacial score (nSPS) is 10.9. The summed E-state index contributed by atoms with van der Waals surface area (Å²) in [5, 5.41) is 8.30. The Morgan fingerprint density at radius 2 is 1.50 bits per heavy atom. The predicted molar refractivity (Wildman–Crippen MR) is 62.6 cm³/mol. The molecule has 0 aromatic carbocycles. The zero-order valence-corrected chi connectivity index (χ0v) is 14.3. The summed E-state index contributed by atoms with van der Waals surface area (Å²) in [6, 6.07) is 0. The summed E-state index contributed by atoms with van der Waals surface area (Å²) in [6.45, 7) is 15.2. The molecule has 1 N–H and O–H groups in total. The first-order valence-electron chi connectivity index (χ1n) is 5.12. The third kappa shape index (κ3) is 20.0. The van der Waals surface area contributed by atoms with Gasteiger partial charge in [0.25, 0.3) is 0 Å². The third-order valence-corrected chi connectivity index (χ3v) is 1.46. The molecule has 0 spiro atoms. The second-order valence-corrected chi connectivity index (χ2v) is 5.36. The molecule has 4 heteroatoms. The first-order chi connectivity index (χ1) is 6.50. The van der Waals surface area contributed by atoms with Crippen LogP contribution in [0.1, 0.15) is 41.5 Å². The molecule has 0 saturated heterocycles. The molecule has 0 aliphatic heterocycles. The van der Waals surface area contributed by atoms with Gasteiger partial charge in [-0.1, -0.05) is 20.8 Å². The Balaban J connectivity index is -0.000000200. The van der Waals surface area contributed by atoms with Crippen molar-refractivity contribution in [3.05, 3.63) is 6.92 Å². The molecule has 0 fully saturated rings. The van der Waals surface area contributed by atoms with Crippen molar-refractivity contribution in [1.82, 2.24) is 0 Å². The number of ketones is 1. The molecule has 16 heavy (non-hydrogen) atoms. The first kappa shape index (κ1) is 21.8. The standard InChI is InChI=1S/C6H14O2.C6H11O.Y/c1-6(2,3)8-5-4-7;1-5(7)6(2,3)4;/h7H,4-5H2,1-3H3;1H2,2-4H3;/q;-1;. The zero-order valence-electron chi connectivity index (χ0n) is 11.5. The average molecular weight is 306 g/mol. The minimum absolute atomic E-state index is 0. The van der Waals surface area contributed by atoms with E-state index in [0.717, 1.165) is 0 Å². The number of carbonyl (C=O) groups excluding carboxylic acids is 1. The number of ether oxygens (including phenoxy) is 1. The summed E-state index contributed by atoms with van der Waals surface area (Å²) in [6.07, 6.45) is 0. The van der Waals surface area contributed by atoms with Gasteiger partial charge in [-0.2, -0.15) is 0 Å². The number of rotatable bonds is 2. The van der Waals surface area contributed by atoms with Crippen LogP contribution < -0.4 is 0 Å². The molecule has 0 aliphatic rings. The van der Waals surface area contributed by atoms with Crippen LogP contribution in [0.3, 0.4) is 0 Å². The average Bonchev–Trinajstić information content (AvgIpc) is 1.98. The van der Waals surface area contributed by atoms with Gasteiger partial charge in [0, 0.05) is 38.5 Å². The number of carbonyl (C=O) groups is 1. The van der Waals surface area contributed by atoms with Gasteiger partial charge in [0.1, 0.15) is 0 Å². The molecule has 0 aromatic heterocycles. The second-order valence-electron chi connectivity index (χ2n) is 5.36. The summed E-state index contributed by atoms with van der Waals surface area (Å²) in [7, 11) is 0. The molecule has 1 radical (unpaired) electrons. The molecule has 0 rings (SSSR count). The largest absolute Gasteiger partial charge is 0.394 e. The van der Waals surface area contributed by atoms with Crippen molar-refractivity contribution in [2.24, 2.45) is 5.41 Å². The van der Waals surface area contributed by atoms with Crippen molar-refractivity contribution in [1.29, 1.82) is 0 Å². The maximum Gasteiger partial charge on any atom is 0.0704 e. The SMILES string of the molecule is CC(C)(C)OCCO.[CH2-]C(=O)C(C)(C)C.[Y]. The number of aliphatic hydroxyl groups excluding tert-OH is 1.